The average molecular weight is 387 g/mol. The first-order chi connectivity index (χ1) is 11.4. The van der Waals surface area contributed by atoms with E-state index in [4.69, 9.17) is 23.2 Å². The van der Waals surface area contributed by atoms with E-state index in [0.717, 1.165) is 12.8 Å². The molecule has 9 heteroatoms. The van der Waals surface area contributed by atoms with Crippen LogP contribution in [0.1, 0.15) is 28.9 Å². The number of carbonyl (C=O) groups is 1. The van der Waals surface area contributed by atoms with Crippen LogP contribution in [0.2, 0.25) is 8.67 Å². The van der Waals surface area contributed by atoms with Gasteiger partial charge >= 0.3 is 0 Å². The number of piperidine rings is 1. The summed E-state index contributed by atoms with van der Waals surface area (Å²) >= 11 is 13.1. The number of aryl methyl sites for hydroxylation is 1. The minimum absolute atomic E-state index is 0.0556. The number of aromatic amines is 1. The lowest BCUT2D eigenvalue weighted by atomic mass is 10.0. The Labute approximate surface area is 152 Å². The molecule has 0 radical (unpaired) electrons. The van der Waals surface area contributed by atoms with Crippen LogP contribution in [0.4, 0.5) is 5.95 Å². The number of halogens is 2. The molecule has 6 nitrogen and oxygen atoms in total. The molecule has 2 aromatic rings. The Morgan fingerprint density at radius 3 is 2.67 bits per heavy atom. The topological polar surface area (TPSA) is 78.1 Å². The Balaban J connectivity index is 1.60. The molecule has 0 unspecified atom stereocenters. The van der Waals surface area contributed by atoms with Crippen molar-refractivity contribution in [2.45, 2.75) is 25.8 Å². The number of carbonyl (C=O) groups excluding carboxylic acids is 1. The molecule has 3 heterocycles. The van der Waals surface area contributed by atoms with Gasteiger partial charge in [0.2, 0.25) is 5.95 Å². The van der Waals surface area contributed by atoms with Crippen LogP contribution in [0, 0.1) is 6.92 Å². The smallest absolute Gasteiger partial charge is 0.253 e. The molecule has 24 heavy (non-hydrogen) atoms. The quantitative estimate of drug-likeness (QED) is 0.849. The molecule has 1 aliphatic heterocycles. The van der Waals surface area contributed by atoms with E-state index >= 15 is 0 Å². The third-order valence-electron chi connectivity index (χ3n) is 3.89. The molecule has 128 valence electrons. The summed E-state index contributed by atoms with van der Waals surface area (Å²) in [6, 6.07) is 3.10. The molecule has 0 bridgehead atoms. The fraction of sp³-hybridized carbons (Fsp3) is 0.400. The van der Waals surface area contributed by atoms with Crippen molar-refractivity contribution in [3.05, 3.63) is 42.4 Å². The van der Waals surface area contributed by atoms with Crippen LogP contribution in [0.25, 0.3) is 0 Å². The lowest BCUT2D eigenvalue weighted by Gasteiger charge is -2.32. The summed E-state index contributed by atoms with van der Waals surface area (Å²) in [4.78, 5) is 32.9. The number of anilines is 1. The van der Waals surface area contributed by atoms with Crippen LogP contribution < -0.4 is 15.8 Å². The maximum Gasteiger partial charge on any atom is 0.253 e. The second-order valence-electron chi connectivity index (χ2n) is 5.68. The van der Waals surface area contributed by atoms with Gasteiger partial charge in [-0.2, -0.15) is 0 Å². The van der Waals surface area contributed by atoms with E-state index < -0.39 is 0 Å². The Hall–Kier alpha value is -1.57. The van der Waals surface area contributed by atoms with Crippen molar-refractivity contribution in [3.8, 4) is 0 Å². The summed E-state index contributed by atoms with van der Waals surface area (Å²) in [5.41, 5.74) is 0.948. The highest BCUT2D eigenvalue weighted by molar-refractivity contribution is 7.20. The van der Waals surface area contributed by atoms with E-state index in [1.54, 1.807) is 13.0 Å². The number of nitrogens with zero attached hydrogens (tertiary/aromatic N) is 2. The molecule has 1 saturated heterocycles. The predicted octanol–water partition coefficient (Wildman–Crippen LogP) is 2.85. The molecule has 2 N–H and O–H groups in total. The van der Waals surface area contributed by atoms with E-state index in [2.05, 4.69) is 15.3 Å². The molecule has 0 saturated carbocycles. The number of aromatic nitrogens is 2. The second kappa shape index (κ2) is 7.13. The van der Waals surface area contributed by atoms with E-state index in [-0.39, 0.29) is 17.5 Å². The van der Waals surface area contributed by atoms with Gasteiger partial charge in [-0.1, -0.05) is 23.2 Å². The maximum atomic E-state index is 12.3. The molecule has 1 aliphatic rings. The van der Waals surface area contributed by atoms with Gasteiger partial charge in [0.1, 0.15) is 4.34 Å². The average Bonchev–Trinajstić information content (AvgIpc) is 2.86. The molecule has 0 aromatic carbocycles. The number of hydrogen-bond acceptors (Lipinski definition) is 5. The zero-order valence-corrected chi connectivity index (χ0v) is 15.3. The van der Waals surface area contributed by atoms with Gasteiger partial charge in [0.25, 0.3) is 11.5 Å². The summed E-state index contributed by atoms with van der Waals surface area (Å²) < 4.78 is 0.894. The summed E-state index contributed by atoms with van der Waals surface area (Å²) in [7, 11) is 0. The van der Waals surface area contributed by atoms with Crippen LogP contribution >= 0.6 is 34.5 Å². The molecule has 1 amide bonds. The van der Waals surface area contributed by atoms with Crippen molar-refractivity contribution >= 4 is 46.4 Å². The minimum atomic E-state index is -0.205. The summed E-state index contributed by atoms with van der Waals surface area (Å²) in [5, 5.41) is 2.99. The molecular weight excluding hydrogens is 371 g/mol. The largest absolute Gasteiger partial charge is 0.349 e. The van der Waals surface area contributed by atoms with E-state index in [0.29, 0.717) is 39.0 Å². The molecule has 1 fully saturated rings. The van der Waals surface area contributed by atoms with Crippen LogP contribution in [-0.2, 0) is 0 Å². The fourth-order valence-electron chi connectivity index (χ4n) is 2.71. The molecule has 3 rings (SSSR count). The number of H-pyrrole nitrogens is 1. The lowest BCUT2D eigenvalue weighted by Crippen LogP contribution is -2.45. The Bertz CT molecular complexity index is 812. The Kier molecular flexibility index (Phi) is 5.12. The predicted molar refractivity (Wildman–Crippen MR) is 96.6 cm³/mol. The van der Waals surface area contributed by atoms with Gasteiger partial charge in [0, 0.05) is 30.9 Å². The number of thiophene rings is 1. The summed E-state index contributed by atoms with van der Waals surface area (Å²) in [5.74, 6) is 0.376. The van der Waals surface area contributed by atoms with Gasteiger partial charge in [0.05, 0.1) is 9.90 Å². The van der Waals surface area contributed by atoms with Crippen molar-refractivity contribution in [1.82, 2.24) is 15.3 Å². The number of nitrogens with one attached hydrogen (secondary N) is 2. The lowest BCUT2D eigenvalue weighted by molar-refractivity contribution is 0.0931. The Morgan fingerprint density at radius 2 is 2.08 bits per heavy atom. The van der Waals surface area contributed by atoms with Crippen molar-refractivity contribution in [3.63, 3.8) is 0 Å². The molecule has 0 atom stereocenters. The molecular formula is C15H16Cl2N4O2S. The zero-order valence-electron chi connectivity index (χ0n) is 12.9. The molecule has 0 aliphatic carbocycles. The third kappa shape index (κ3) is 3.91. The van der Waals surface area contributed by atoms with Crippen LogP contribution in [0.15, 0.2) is 16.9 Å². The first-order valence-corrected chi connectivity index (χ1v) is 9.08. The van der Waals surface area contributed by atoms with Crippen molar-refractivity contribution in [1.29, 1.82) is 0 Å². The SMILES string of the molecule is Cc1cc(=O)[nH]c(N2CCC(NC(=O)c3cc(Cl)sc3Cl)CC2)n1. The first-order valence-electron chi connectivity index (χ1n) is 7.51. The highest BCUT2D eigenvalue weighted by Crippen LogP contribution is 2.31. The van der Waals surface area contributed by atoms with Crippen molar-refractivity contribution in [2.75, 3.05) is 18.0 Å². The second-order valence-corrected chi connectivity index (χ2v) is 7.97. The van der Waals surface area contributed by atoms with E-state index in [9.17, 15) is 9.59 Å². The monoisotopic (exact) mass is 386 g/mol. The maximum absolute atomic E-state index is 12.3. The van der Waals surface area contributed by atoms with Crippen molar-refractivity contribution in [2.24, 2.45) is 0 Å². The van der Waals surface area contributed by atoms with Gasteiger partial charge in [-0.3, -0.25) is 14.6 Å². The van der Waals surface area contributed by atoms with Crippen LogP contribution in [0.3, 0.4) is 0 Å². The molecule has 0 spiro atoms. The number of amides is 1. The highest BCUT2D eigenvalue weighted by Gasteiger charge is 2.24. The standard InChI is InChI=1S/C15H16Cl2N4O2S/c1-8-6-12(22)20-15(18-8)21-4-2-9(3-5-21)19-14(23)10-7-11(16)24-13(10)17/h6-7,9H,2-5H2,1H3,(H,19,23)(H,18,20,22). The van der Waals surface area contributed by atoms with Crippen LogP contribution in [-0.4, -0.2) is 35.0 Å². The van der Waals surface area contributed by atoms with E-state index in [1.807, 2.05) is 4.90 Å². The third-order valence-corrected chi connectivity index (χ3v) is 5.38. The number of rotatable bonds is 3. The van der Waals surface area contributed by atoms with Gasteiger partial charge in [-0.15, -0.1) is 11.3 Å². The van der Waals surface area contributed by atoms with Gasteiger partial charge in [-0.05, 0) is 25.8 Å². The Morgan fingerprint density at radius 1 is 1.38 bits per heavy atom. The molecule has 2 aromatic heterocycles. The normalized spacial score (nSPS) is 15.5. The zero-order chi connectivity index (χ0) is 17.3. The highest BCUT2D eigenvalue weighted by atomic mass is 35.5. The minimum Gasteiger partial charge on any atom is -0.349 e. The summed E-state index contributed by atoms with van der Waals surface area (Å²) in [6.45, 7) is 3.20. The van der Waals surface area contributed by atoms with Crippen molar-refractivity contribution < 1.29 is 4.79 Å². The fourth-order valence-corrected chi connectivity index (χ4v) is 4.17. The van der Waals surface area contributed by atoms with Crippen LogP contribution in [0.5, 0.6) is 0 Å². The van der Waals surface area contributed by atoms with Gasteiger partial charge in [-0.25, -0.2) is 4.98 Å². The number of hydrogen-bond donors (Lipinski definition) is 2. The van der Waals surface area contributed by atoms with Gasteiger partial charge < -0.3 is 10.2 Å². The van der Waals surface area contributed by atoms with E-state index in [1.165, 1.54) is 17.4 Å². The summed E-state index contributed by atoms with van der Waals surface area (Å²) in [6.07, 6.45) is 1.53. The first kappa shape index (κ1) is 17.3. The van der Waals surface area contributed by atoms with Gasteiger partial charge in [0.15, 0.2) is 0 Å².